The summed E-state index contributed by atoms with van der Waals surface area (Å²) in [5.74, 6) is 0. The number of hydrogen-bond donors (Lipinski definition) is 1. The minimum absolute atomic E-state index is 0.233. The van der Waals surface area contributed by atoms with Crippen LogP contribution in [-0.2, 0) is 16.2 Å². The summed E-state index contributed by atoms with van der Waals surface area (Å²) in [4.78, 5) is 18.9. The van der Waals surface area contributed by atoms with Crippen molar-refractivity contribution in [2.75, 3.05) is 19.7 Å². The van der Waals surface area contributed by atoms with Crippen LogP contribution < -0.4 is 5.48 Å². The number of piperidine rings is 1. The van der Waals surface area contributed by atoms with Crippen molar-refractivity contribution in [2.24, 2.45) is 0 Å². The smallest absolute Gasteiger partial charge is 0.410 e. The van der Waals surface area contributed by atoms with Crippen molar-refractivity contribution in [1.82, 2.24) is 10.4 Å². The number of ether oxygens (including phenoxy) is 1. The molecule has 1 saturated heterocycles. The largest absolute Gasteiger partial charge is 0.445 e. The number of carbonyl (C=O) groups excluding carboxylic acids is 1. The topological polar surface area (TPSA) is 50.8 Å². The number of hydrogen-bond acceptors (Lipinski definition) is 4. The van der Waals surface area contributed by atoms with E-state index in [0.717, 1.165) is 18.4 Å². The minimum atomic E-state index is -0.233. The summed E-state index contributed by atoms with van der Waals surface area (Å²) in [6.45, 7) is 4.34. The Morgan fingerprint density at radius 1 is 1.30 bits per heavy atom. The lowest BCUT2D eigenvalue weighted by Crippen LogP contribution is -2.45. The Hall–Kier alpha value is -1.59. The standard InChI is InChI=1S/C15H22N2O3/c1-2-20-16-14-8-10-17(11-9-14)15(18)19-12-13-6-4-3-5-7-13/h3-7,14,16H,2,8-12H2,1H3. The molecule has 1 heterocycles. The van der Waals surface area contributed by atoms with Crippen LogP contribution in [0.5, 0.6) is 0 Å². The summed E-state index contributed by atoms with van der Waals surface area (Å²) in [6, 6.07) is 10.0. The first-order valence-electron chi connectivity index (χ1n) is 7.12. The fraction of sp³-hybridized carbons (Fsp3) is 0.533. The Labute approximate surface area is 119 Å². The van der Waals surface area contributed by atoms with E-state index < -0.39 is 0 Å². The molecule has 0 aromatic heterocycles. The number of rotatable bonds is 5. The zero-order valence-electron chi connectivity index (χ0n) is 11.9. The summed E-state index contributed by atoms with van der Waals surface area (Å²) in [6.07, 6.45) is 1.55. The zero-order chi connectivity index (χ0) is 14.2. The van der Waals surface area contributed by atoms with Crippen LogP contribution in [-0.4, -0.2) is 36.7 Å². The van der Waals surface area contributed by atoms with E-state index >= 15 is 0 Å². The van der Waals surface area contributed by atoms with E-state index in [9.17, 15) is 4.79 Å². The second-order valence-corrected chi connectivity index (χ2v) is 4.85. The van der Waals surface area contributed by atoms with Crippen LogP contribution in [0.4, 0.5) is 4.79 Å². The van der Waals surface area contributed by atoms with Gasteiger partial charge in [0.2, 0.25) is 0 Å². The molecule has 1 aromatic carbocycles. The monoisotopic (exact) mass is 278 g/mol. The Morgan fingerprint density at radius 3 is 2.65 bits per heavy atom. The van der Waals surface area contributed by atoms with Crippen molar-refractivity contribution in [3.63, 3.8) is 0 Å². The van der Waals surface area contributed by atoms with Gasteiger partial charge in [-0.3, -0.25) is 0 Å². The fourth-order valence-corrected chi connectivity index (χ4v) is 2.19. The van der Waals surface area contributed by atoms with E-state index in [1.165, 1.54) is 0 Å². The van der Waals surface area contributed by atoms with Crippen LogP contribution in [0.2, 0.25) is 0 Å². The minimum Gasteiger partial charge on any atom is -0.445 e. The average Bonchev–Trinajstić information content (AvgIpc) is 2.52. The van der Waals surface area contributed by atoms with Gasteiger partial charge in [0.15, 0.2) is 0 Å². The highest BCUT2D eigenvalue weighted by atomic mass is 16.6. The number of carbonyl (C=O) groups is 1. The molecule has 1 aromatic rings. The van der Waals surface area contributed by atoms with E-state index in [1.54, 1.807) is 4.90 Å². The van der Waals surface area contributed by atoms with Gasteiger partial charge >= 0.3 is 6.09 Å². The van der Waals surface area contributed by atoms with Gasteiger partial charge in [-0.2, -0.15) is 5.48 Å². The number of likely N-dealkylation sites (tertiary alicyclic amines) is 1. The molecule has 110 valence electrons. The molecule has 5 heteroatoms. The predicted octanol–water partition coefficient (Wildman–Crippen LogP) is 2.33. The van der Waals surface area contributed by atoms with Crippen LogP contribution in [0, 0.1) is 0 Å². The van der Waals surface area contributed by atoms with Crippen molar-refractivity contribution in [1.29, 1.82) is 0 Å². The molecule has 0 unspecified atom stereocenters. The van der Waals surface area contributed by atoms with Gasteiger partial charge in [-0.05, 0) is 25.3 Å². The molecule has 0 aliphatic carbocycles. The molecular formula is C15H22N2O3. The summed E-state index contributed by atoms with van der Waals surface area (Å²) in [5.41, 5.74) is 4.02. The Balaban J connectivity index is 1.69. The van der Waals surface area contributed by atoms with Crippen molar-refractivity contribution in [2.45, 2.75) is 32.4 Å². The van der Waals surface area contributed by atoms with Gasteiger partial charge < -0.3 is 14.5 Å². The zero-order valence-corrected chi connectivity index (χ0v) is 11.9. The lowest BCUT2D eigenvalue weighted by atomic mass is 10.1. The predicted molar refractivity (Wildman–Crippen MR) is 76.0 cm³/mol. The number of nitrogens with one attached hydrogen (secondary N) is 1. The normalized spacial score (nSPS) is 16.1. The maximum Gasteiger partial charge on any atom is 0.410 e. The van der Waals surface area contributed by atoms with Crippen molar-refractivity contribution < 1.29 is 14.4 Å². The quantitative estimate of drug-likeness (QED) is 0.840. The summed E-state index contributed by atoms with van der Waals surface area (Å²) in [5, 5.41) is 0. The van der Waals surface area contributed by atoms with Gasteiger partial charge in [0.25, 0.3) is 0 Å². The maximum absolute atomic E-state index is 11.9. The highest BCUT2D eigenvalue weighted by molar-refractivity contribution is 5.67. The third-order valence-electron chi connectivity index (χ3n) is 3.35. The molecule has 1 aliphatic rings. The Bertz CT molecular complexity index is 403. The second kappa shape index (κ2) is 7.87. The Morgan fingerprint density at radius 2 is 2.00 bits per heavy atom. The van der Waals surface area contributed by atoms with Gasteiger partial charge in [-0.1, -0.05) is 30.3 Å². The van der Waals surface area contributed by atoms with Crippen molar-refractivity contribution in [3.8, 4) is 0 Å². The first-order chi connectivity index (χ1) is 9.79. The molecule has 0 saturated carbocycles. The average molecular weight is 278 g/mol. The second-order valence-electron chi connectivity index (χ2n) is 4.85. The highest BCUT2D eigenvalue weighted by Gasteiger charge is 2.23. The van der Waals surface area contributed by atoms with Crippen LogP contribution in [0.25, 0.3) is 0 Å². The molecular weight excluding hydrogens is 256 g/mol. The molecule has 5 nitrogen and oxygen atoms in total. The van der Waals surface area contributed by atoms with E-state index in [1.807, 2.05) is 37.3 Å². The maximum atomic E-state index is 11.9. The lowest BCUT2D eigenvalue weighted by Gasteiger charge is -2.31. The molecule has 1 aliphatic heterocycles. The van der Waals surface area contributed by atoms with E-state index in [0.29, 0.717) is 32.3 Å². The van der Waals surface area contributed by atoms with Crippen molar-refractivity contribution in [3.05, 3.63) is 35.9 Å². The van der Waals surface area contributed by atoms with Crippen LogP contribution in [0.15, 0.2) is 30.3 Å². The molecule has 1 N–H and O–H groups in total. The van der Waals surface area contributed by atoms with Crippen molar-refractivity contribution >= 4 is 6.09 Å². The van der Waals surface area contributed by atoms with Crippen LogP contribution >= 0.6 is 0 Å². The van der Waals surface area contributed by atoms with E-state index in [4.69, 9.17) is 9.57 Å². The number of amides is 1. The van der Waals surface area contributed by atoms with E-state index in [2.05, 4.69) is 5.48 Å². The molecule has 2 rings (SSSR count). The molecule has 0 radical (unpaired) electrons. The Kier molecular flexibility index (Phi) is 5.83. The first kappa shape index (κ1) is 14.8. The van der Waals surface area contributed by atoms with Gasteiger partial charge in [-0.15, -0.1) is 0 Å². The fourth-order valence-electron chi connectivity index (χ4n) is 2.19. The highest BCUT2D eigenvalue weighted by Crippen LogP contribution is 2.12. The molecule has 20 heavy (non-hydrogen) atoms. The third kappa shape index (κ3) is 4.51. The van der Waals surface area contributed by atoms with Gasteiger partial charge in [0.1, 0.15) is 6.61 Å². The molecule has 1 amide bonds. The number of hydroxylamine groups is 1. The summed E-state index contributed by atoms with van der Waals surface area (Å²) < 4.78 is 5.32. The molecule has 0 atom stereocenters. The summed E-state index contributed by atoms with van der Waals surface area (Å²) in [7, 11) is 0. The molecule has 0 spiro atoms. The van der Waals surface area contributed by atoms with Gasteiger partial charge in [0, 0.05) is 19.1 Å². The number of benzene rings is 1. The summed E-state index contributed by atoms with van der Waals surface area (Å²) >= 11 is 0. The SMILES string of the molecule is CCONC1CCN(C(=O)OCc2ccccc2)CC1. The third-order valence-corrected chi connectivity index (χ3v) is 3.35. The van der Waals surface area contributed by atoms with Gasteiger partial charge in [0.05, 0.1) is 6.61 Å². The first-order valence-corrected chi connectivity index (χ1v) is 7.12. The molecule has 1 fully saturated rings. The van der Waals surface area contributed by atoms with E-state index in [-0.39, 0.29) is 6.09 Å². The van der Waals surface area contributed by atoms with Crippen LogP contribution in [0.3, 0.4) is 0 Å². The molecule has 0 bridgehead atoms. The van der Waals surface area contributed by atoms with Gasteiger partial charge in [-0.25, -0.2) is 4.79 Å². The lowest BCUT2D eigenvalue weighted by molar-refractivity contribution is 0.00513. The number of nitrogens with zero attached hydrogens (tertiary/aromatic N) is 1. The van der Waals surface area contributed by atoms with Crippen LogP contribution in [0.1, 0.15) is 25.3 Å².